The second-order valence-electron chi connectivity index (χ2n) is 11.7. The van der Waals surface area contributed by atoms with Gasteiger partial charge in [-0.1, -0.05) is 127 Å². The number of para-hydroxylation sites is 1. The van der Waals surface area contributed by atoms with Gasteiger partial charge >= 0.3 is 0 Å². The molecule has 9 rings (SSSR count). The van der Waals surface area contributed by atoms with Crippen LogP contribution in [0, 0.1) is 0 Å². The molecule has 7 aromatic carbocycles. The van der Waals surface area contributed by atoms with E-state index in [2.05, 4.69) is 144 Å². The molecular formula is C41H29N3O. The highest BCUT2D eigenvalue weighted by Crippen LogP contribution is 2.37. The SMILES string of the molecule is c1ccc2cc(C3=NC(c4ccc5ccccc5c4)NC(c4ccc(-c5cccc6oc7ccccc7c56)cc4)N3)ccc2c1. The average Bonchev–Trinajstić information content (AvgIpc) is 3.50. The summed E-state index contributed by atoms with van der Waals surface area (Å²) < 4.78 is 6.16. The maximum Gasteiger partial charge on any atom is 0.136 e. The Morgan fingerprint density at radius 1 is 0.511 bits per heavy atom. The third-order valence-corrected chi connectivity index (χ3v) is 8.93. The van der Waals surface area contributed by atoms with Crippen molar-refractivity contribution in [2.24, 2.45) is 4.99 Å². The Balaban J connectivity index is 1.11. The molecule has 2 atom stereocenters. The first-order chi connectivity index (χ1) is 22.3. The molecule has 8 aromatic rings. The predicted molar refractivity (Wildman–Crippen MR) is 185 cm³/mol. The van der Waals surface area contributed by atoms with Crippen molar-refractivity contribution in [2.75, 3.05) is 0 Å². The molecule has 0 radical (unpaired) electrons. The monoisotopic (exact) mass is 579 g/mol. The standard InChI is InChI=1S/C41H29N3O/c1-3-10-30-24-32(22-16-26(30)8-1)40-42-39(43-41(44-40)33-23-17-27-9-2-4-11-31(27)25-33)29-20-18-28(19-21-29)34-13-7-15-37-38(34)35-12-5-6-14-36(35)45-37/h1-25,39-40,42H,(H,43,44). The van der Waals surface area contributed by atoms with Crippen LogP contribution in [0.5, 0.6) is 0 Å². The quantitative estimate of drug-likeness (QED) is 0.218. The Hall–Kier alpha value is -5.71. The molecule has 0 amide bonds. The lowest BCUT2D eigenvalue weighted by molar-refractivity contribution is 0.409. The fraction of sp³-hybridized carbons (Fsp3) is 0.0488. The predicted octanol–water partition coefficient (Wildman–Crippen LogP) is 9.90. The Bertz CT molecular complexity index is 2400. The van der Waals surface area contributed by atoms with Crippen LogP contribution in [-0.2, 0) is 0 Å². The molecule has 0 saturated carbocycles. The van der Waals surface area contributed by atoms with Crippen molar-refractivity contribution in [3.8, 4) is 11.1 Å². The van der Waals surface area contributed by atoms with E-state index in [9.17, 15) is 0 Å². The van der Waals surface area contributed by atoms with Crippen LogP contribution >= 0.6 is 0 Å². The van der Waals surface area contributed by atoms with Gasteiger partial charge in [0.25, 0.3) is 0 Å². The Kier molecular flexibility index (Phi) is 6.00. The van der Waals surface area contributed by atoms with E-state index in [-0.39, 0.29) is 12.3 Å². The van der Waals surface area contributed by atoms with Crippen LogP contribution in [0.25, 0.3) is 54.6 Å². The van der Waals surface area contributed by atoms with Crippen molar-refractivity contribution in [2.45, 2.75) is 12.3 Å². The van der Waals surface area contributed by atoms with E-state index >= 15 is 0 Å². The smallest absolute Gasteiger partial charge is 0.136 e. The number of benzene rings is 7. The maximum absolute atomic E-state index is 6.16. The van der Waals surface area contributed by atoms with E-state index < -0.39 is 0 Å². The molecule has 4 nitrogen and oxygen atoms in total. The van der Waals surface area contributed by atoms with Crippen molar-refractivity contribution in [1.82, 2.24) is 10.6 Å². The van der Waals surface area contributed by atoms with Gasteiger partial charge in [0.15, 0.2) is 0 Å². The highest BCUT2D eigenvalue weighted by molar-refractivity contribution is 6.12. The zero-order valence-corrected chi connectivity index (χ0v) is 24.4. The van der Waals surface area contributed by atoms with Gasteiger partial charge in [0.1, 0.15) is 29.3 Å². The van der Waals surface area contributed by atoms with Crippen LogP contribution < -0.4 is 10.6 Å². The number of furan rings is 1. The zero-order valence-electron chi connectivity index (χ0n) is 24.4. The van der Waals surface area contributed by atoms with E-state index in [0.29, 0.717) is 0 Å². The second kappa shape index (κ2) is 10.5. The van der Waals surface area contributed by atoms with Crippen LogP contribution in [-0.4, -0.2) is 5.84 Å². The molecule has 1 aliphatic rings. The van der Waals surface area contributed by atoms with Crippen molar-refractivity contribution < 1.29 is 4.42 Å². The number of nitrogens with zero attached hydrogens (tertiary/aromatic N) is 1. The van der Waals surface area contributed by atoms with E-state index in [1.165, 1.54) is 27.1 Å². The molecule has 0 aliphatic carbocycles. The summed E-state index contributed by atoms with van der Waals surface area (Å²) in [6, 6.07) is 53.5. The topological polar surface area (TPSA) is 49.6 Å². The van der Waals surface area contributed by atoms with Crippen LogP contribution in [0.4, 0.5) is 0 Å². The molecule has 0 spiro atoms. The van der Waals surface area contributed by atoms with E-state index in [1.807, 2.05) is 18.2 Å². The molecule has 0 bridgehead atoms. The van der Waals surface area contributed by atoms with Gasteiger partial charge < -0.3 is 9.73 Å². The molecule has 2 heterocycles. The fourth-order valence-corrected chi connectivity index (χ4v) is 6.63. The normalized spacial score (nSPS) is 16.7. The number of fused-ring (bicyclic) bond motifs is 5. The van der Waals surface area contributed by atoms with Crippen LogP contribution in [0.1, 0.15) is 29.0 Å². The number of aliphatic imine (C=N–C) groups is 1. The highest BCUT2D eigenvalue weighted by atomic mass is 16.3. The van der Waals surface area contributed by atoms with Gasteiger partial charge in [0.2, 0.25) is 0 Å². The van der Waals surface area contributed by atoms with Crippen molar-refractivity contribution in [3.63, 3.8) is 0 Å². The molecule has 4 heteroatoms. The number of rotatable bonds is 4. The third kappa shape index (κ3) is 4.55. The first-order valence-electron chi connectivity index (χ1n) is 15.4. The summed E-state index contributed by atoms with van der Waals surface area (Å²) in [5.41, 5.74) is 7.48. The Morgan fingerprint density at radius 3 is 1.98 bits per heavy atom. The summed E-state index contributed by atoms with van der Waals surface area (Å²) in [6.45, 7) is 0. The number of hydrogen-bond donors (Lipinski definition) is 2. The molecular weight excluding hydrogens is 550 g/mol. The first kappa shape index (κ1) is 25.8. The molecule has 1 aromatic heterocycles. The second-order valence-corrected chi connectivity index (χ2v) is 11.7. The zero-order chi connectivity index (χ0) is 29.7. The summed E-state index contributed by atoms with van der Waals surface area (Å²) in [5, 5.41) is 14.6. The van der Waals surface area contributed by atoms with E-state index in [4.69, 9.17) is 9.41 Å². The number of nitrogens with one attached hydrogen (secondary N) is 2. The summed E-state index contributed by atoms with van der Waals surface area (Å²) >= 11 is 0. The first-order valence-corrected chi connectivity index (χ1v) is 15.4. The van der Waals surface area contributed by atoms with E-state index in [1.54, 1.807) is 0 Å². The van der Waals surface area contributed by atoms with Crippen LogP contribution in [0.15, 0.2) is 161 Å². The van der Waals surface area contributed by atoms with Crippen LogP contribution in [0.2, 0.25) is 0 Å². The lowest BCUT2D eigenvalue weighted by atomic mass is 9.97. The summed E-state index contributed by atoms with van der Waals surface area (Å²) in [7, 11) is 0. The van der Waals surface area contributed by atoms with Crippen LogP contribution in [0.3, 0.4) is 0 Å². The van der Waals surface area contributed by atoms with Crippen molar-refractivity contribution >= 4 is 49.3 Å². The van der Waals surface area contributed by atoms with Gasteiger partial charge in [-0.15, -0.1) is 0 Å². The van der Waals surface area contributed by atoms with Crippen molar-refractivity contribution in [1.29, 1.82) is 0 Å². The van der Waals surface area contributed by atoms with Gasteiger partial charge in [0, 0.05) is 16.3 Å². The van der Waals surface area contributed by atoms with Gasteiger partial charge in [-0.05, 0) is 68.1 Å². The molecule has 2 N–H and O–H groups in total. The molecule has 1 aliphatic heterocycles. The average molecular weight is 580 g/mol. The minimum atomic E-state index is -0.215. The molecule has 214 valence electrons. The Morgan fingerprint density at radius 2 is 1.16 bits per heavy atom. The maximum atomic E-state index is 6.16. The van der Waals surface area contributed by atoms with E-state index in [0.717, 1.165) is 50.0 Å². The third-order valence-electron chi connectivity index (χ3n) is 8.93. The Labute approximate surface area is 260 Å². The van der Waals surface area contributed by atoms with Gasteiger partial charge in [-0.2, -0.15) is 0 Å². The lowest BCUT2D eigenvalue weighted by Crippen LogP contribution is -2.44. The molecule has 0 fully saturated rings. The summed E-state index contributed by atoms with van der Waals surface area (Å²) in [5.74, 6) is 0.876. The fourth-order valence-electron chi connectivity index (χ4n) is 6.63. The van der Waals surface area contributed by atoms with Gasteiger partial charge in [-0.25, -0.2) is 4.99 Å². The minimum Gasteiger partial charge on any atom is -0.456 e. The molecule has 45 heavy (non-hydrogen) atoms. The molecule has 0 saturated heterocycles. The van der Waals surface area contributed by atoms with Gasteiger partial charge in [-0.3, -0.25) is 5.32 Å². The lowest BCUT2D eigenvalue weighted by Gasteiger charge is -2.32. The summed E-state index contributed by atoms with van der Waals surface area (Å²) in [4.78, 5) is 5.22. The largest absolute Gasteiger partial charge is 0.456 e. The minimum absolute atomic E-state index is 0.139. The number of hydrogen-bond acceptors (Lipinski definition) is 4. The van der Waals surface area contributed by atoms with Gasteiger partial charge in [0.05, 0.1) is 0 Å². The van der Waals surface area contributed by atoms with Crippen molar-refractivity contribution in [3.05, 3.63) is 168 Å². The number of amidine groups is 1. The molecule has 2 unspecified atom stereocenters. The highest BCUT2D eigenvalue weighted by Gasteiger charge is 2.26. The summed E-state index contributed by atoms with van der Waals surface area (Å²) in [6.07, 6.45) is -0.354.